The summed E-state index contributed by atoms with van der Waals surface area (Å²) in [6.07, 6.45) is 0.644. The number of hydrogen-bond donors (Lipinski definition) is 1. The molecule has 1 atom stereocenters. The van der Waals surface area contributed by atoms with E-state index in [4.69, 9.17) is 11.6 Å². The summed E-state index contributed by atoms with van der Waals surface area (Å²) in [5, 5.41) is 12.8. The molecule has 32 heavy (non-hydrogen) atoms. The first-order valence-electron chi connectivity index (χ1n) is 10.3. The number of aromatic nitrogens is 3. The summed E-state index contributed by atoms with van der Waals surface area (Å²) in [4.78, 5) is 12.9. The molecule has 0 radical (unpaired) electrons. The molecule has 0 bridgehead atoms. The quantitative estimate of drug-likeness (QED) is 0.345. The van der Waals surface area contributed by atoms with Crippen molar-refractivity contribution in [2.45, 2.75) is 30.7 Å². The second-order valence-electron chi connectivity index (χ2n) is 7.39. The third kappa shape index (κ3) is 5.03. The highest BCUT2D eigenvalue weighted by atomic mass is 35.5. The van der Waals surface area contributed by atoms with Crippen molar-refractivity contribution >= 4 is 35.0 Å². The number of benzene rings is 3. The van der Waals surface area contributed by atoms with Crippen LogP contribution in [0.2, 0.25) is 5.02 Å². The fourth-order valence-electron chi connectivity index (χ4n) is 3.29. The third-order valence-electron chi connectivity index (χ3n) is 5.10. The van der Waals surface area contributed by atoms with E-state index in [0.29, 0.717) is 22.3 Å². The highest BCUT2D eigenvalue weighted by Gasteiger charge is 2.22. The summed E-state index contributed by atoms with van der Waals surface area (Å²) in [6, 6.07) is 25.6. The number of nitrogens with zero attached hydrogens (tertiary/aromatic N) is 3. The Bertz CT molecular complexity index is 1210. The maximum atomic E-state index is 12.9. The maximum absolute atomic E-state index is 12.9. The van der Waals surface area contributed by atoms with E-state index in [1.807, 2.05) is 79.1 Å². The largest absolute Gasteiger partial charge is 0.325 e. The van der Waals surface area contributed by atoms with Gasteiger partial charge in [0.1, 0.15) is 5.82 Å². The molecule has 0 spiro atoms. The summed E-state index contributed by atoms with van der Waals surface area (Å²) in [7, 11) is 0. The number of nitrogens with one attached hydrogen (secondary N) is 1. The van der Waals surface area contributed by atoms with E-state index in [2.05, 4.69) is 27.6 Å². The fourth-order valence-corrected chi connectivity index (χ4v) is 4.36. The summed E-state index contributed by atoms with van der Waals surface area (Å²) < 4.78 is 2.02. The van der Waals surface area contributed by atoms with Crippen LogP contribution in [-0.4, -0.2) is 25.9 Å². The van der Waals surface area contributed by atoms with E-state index in [1.165, 1.54) is 11.8 Å². The number of thioether (sulfide) groups is 1. The molecule has 1 aromatic heterocycles. The molecule has 3 aromatic carbocycles. The van der Waals surface area contributed by atoms with Gasteiger partial charge in [-0.05, 0) is 49.2 Å². The number of carbonyl (C=O) groups is 1. The summed E-state index contributed by atoms with van der Waals surface area (Å²) in [5.74, 6) is 0.704. The van der Waals surface area contributed by atoms with Crippen LogP contribution in [0.3, 0.4) is 0 Å². The molecule has 4 aromatic rings. The third-order valence-corrected chi connectivity index (χ3v) is 6.55. The molecule has 0 saturated carbocycles. The second-order valence-corrected chi connectivity index (χ2v) is 9.11. The van der Waals surface area contributed by atoms with Crippen molar-refractivity contribution < 1.29 is 4.79 Å². The molecule has 4 rings (SSSR count). The monoisotopic (exact) mass is 462 g/mol. The maximum Gasteiger partial charge on any atom is 0.237 e. The Balaban J connectivity index is 1.59. The van der Waals surface area contributed by atoms with Gasteiger partial charge in [0, 0.05) is 22.8 Å². The van der Waals surface area contributed by atoms with Gasteiger partial charge in [-0.25, -0.2) is 0 Å². The lowest BCUT2D eigenvalue weighted by Gasteiger charge is -2.15. The molecule has 0 aliphatic heterocycles. The SMILES string of the molecule is Cc1c(Cl)cccc1NC(=O)C(C)Sc1nnc(Cc2ccccc2)n1-c1ccccc1. The number of amides is 1. The van der Waals surface area contributed by atoms with Crippen LogP contribution >= 0.6 is 23.4 Å². The average molecular weight is 463 g/mol. The smallest absolute Gasteiger partial charge is 0.237 e. The van der Waals surface area contributed by atoms with Crippen LogP contribution in [0, 0.1) is 6.92 Å². The van der Waals surface area contributed by atoms with Crippen molar-refractivity contribution in [1.29, 1.82) is 0 Å². The zero-order valence-electron chi connectivity index (χ0n) is 17.8. The molecule has 1 N–H and O–H groups in total. The average Bonchev–Trinajstić information content (AvgIpc) is 3.19. The molecule has 0 fully saturated rings. The first kappa shape index (κ1) is 22.1. The first-order valence-corrected chi connectivity index (χ1v) is 11.5. The molecule has 0 aliphatic rings. The highest BCUT2D eigenvalue weighted by Crippen LogP contribution is 2.28. The van der Waals surface area contributed by atoms with Crippen molar-refractivity contribution in [1.82, 2.24) is 14.8 Å². The van der Waals surface area contributed by atoms with E-state index in [-0.39, 0.29) is 11.2 Å². The first-order chi connectivity index (χ1) is 15.5. The van der Waals surface area contributed by atoms with Crippen LogP contribution in [0.1, 0.15) is 23.9 Å². The Morgan fingerprint density at radius 3 is 2.41 bits per heavy atom. The normalized spacial score (nSPS) is 11.8. The van der Waals surface area contributed by atoms with Crippen LogP contribution in [0.15, 0.2) is 84.0 Å². The van der Waals surface area contributed by atoms with Gasteiger partial charge in [0.05, 0.1) is 5.25 Å². The minimum Gasteiger partial charge on any atom is -0.325 e. The van der Waals surface area contributed by atoms with Crippen LogP contribution in [0.4, 0.5) is 5.69 Å². The van der Waals surface area contributed by atoms with Gasteiger partial charge in [0.15, 0.2) is 5.16 Å². The van der Waals surface area contributed by atoms with Gasteiger partial charge in [-0.15, -0.1) is 10.2 Å². The molecule has 1 unspecified atom stereocenters. The number of hydrogen-bond acceptors (Lipinski definition) is 4. The second kappa shape index (κ2) is 10.0. The lowest BCUT2D eigenvalue weighted by Crippen LogP contribution is -2.23. The van der Waals surface area contributed by atoms with E-state index >= 15 is 0 Å². The van der Waals surface area contributed by atoms with E-state index < -0.39 is 0 Å². The van der Waals surface area contributed by atoms with Gasteiger partial charge in [0.25, 0.3) is 0 Å². The van der Waals surface area contributed by atoms with Gasteiger partial charge in [-0.1, -0.05) is 78.0 Å². The van der Waals surface area contributed by atoms with Gasteiger partial charge in [-0.2, -0.15) is 0 Å². The Morgan fingerprint density at radius 1 is 1.00 bits per heavy atom. The minimum absolute atomic E-state index is 0.118. The van der Waals surface area contributed by atoms with Crippen molar-refractivity contribution in [2.75, 3.05) is 5.32 Å². The van der Waals surface area contributed by atoms with E-state index in [1.54, 1.807) is 6.07 Å². The van der Waals surface area contributed by atoms with Gasteiger partial charge >= 0.3 is 0 Å². The number of anilines is 1. The molecule has 0 saturated heterocycles. The molecule has 0 aliphatic carbocycles. The standard InChI is InChI=1S/C25H23ClN4OS/c1-17-21(26)14-9-15-22(17)27-24(31)18(2)32-25-29-28-23(16-19-10-5-3-6-11-19)30(25)20-12-7-4-8-13-20/h3-15,18H,16H2,1-2H3,(H,27,31). The van der Waals surface area contributed by atoms with Crippen LogP contribution in [0.5, 0.6) is 0 Å². The molecular formula is C25H23ClN4OS. The fraction of sp³-hybridized carbons (Fsp3) is 0.160. The van der Waals surface area contributed by atoms with Gasteiger partial charge in [0.2, 0.25) is 5.91 Å². The number of para-hydroxylation sites is 1. The number of halogens is 1. The topological polar surface area (TPSA) is 59.8 Å². The lowest BCUT2D eigenvalue weighted by atomic mass is 10.1. The molecule has 7 heteroatoms. The van der Waals surface area contributed by atoms with E-state index in [0.717, 1.165) is 22.6 Å². The van der Waals surface area contributed by atoms with Gasteiger partial charge < -0.3 is 5.32 Å². The van der Waals surface area contributed by atoms with Crippen LogP contribution in [0.25, 0.3) is 5.69 Å². The Morgan fingerprint density at radius 2 is 1.69 bits per heavy atom. The molecule has 1 amide bonds. The summed E-state index contributed by atoms with van der Waals surface area (Å²) >= 11 is 7.56. The zero-order chi connectivity index (χ0) is 22.5. The summed E-state index contributed by atoms with van der Waals surface area (Å²) in [5.41, 5.74) is 3.67. The van der Waals surface area contributed by atoms with Crippen molar-refractivity contribution in [3.63, 3.8) is 0 Å². The Hall–Kier alpha value is -3.09. The predicted octanol–water partition coefficient (Wildman–Crippen LogP) is 5.94. The zero-order valence-corrected chi connectivity index (χ0v) is 19.4. The van der Waals surface area contributed by atoms with Crippen molar-refractivity contribution in [3.8, 4) is 5.69 Å². The molecule has 1 heterocycles. The van der Waals surface area contributed by atoms with Gasteiger partial charge in [-0.3, -0.25) is 9.36 Å². The Labute approximate surface area is 196 Å². The molecule has 5 nitrogen and oxygen atoms in total. The van der Waals surface area contributed by atoms with Crippen molar-refractivity contribution in [2.24, 2.45) is 0 Å². The Kier molecular flexibility index (Phi) is 6.93. The number of rotatable bonds is 7. The predicted molar refractivity (Wildman–Crippen MR) is 131 cm³/mol. The summed E-state index contributed by atoms with van der Waals surface area (Å²) in [6.45, 7) is 3.75. The van der Waals surface area contributed by atoms with Crippen molar-refractivity contribution in [3.05, 3.63) is 101 Å². The molecular weight excluding hydrogens is 440 g/mol. The minimum atomic E-state index is -0.385. The number of carbonyl (C=O) groups excluding carboxylic acids is 1. The van der Waals surface area contributed by atoms with E-state index in [9.17, 15) is 4.79 Å². The lowest BCUT2D eigenvalue weighted by molar-refractivity contribution is -0.115. The van der Waals surface area contributed by atoms with Crippen LogP contribution < -0.4 is 5.32 Å². The van der Waals surface area contributed by atoms with Crippen LogP contribution in [-0.2, 0) is 11.2 Å². The highest BCUT2D eigenvalue weighted by molar-refractivity contribution is 8.00. The molecule has 162 valence electrons.